The van der Waals surface area contributed by atoms with Crippen LogP contribution in [-0.2, 0) is 6.54 Å². The molecule has 2 heteroatoms. The summed E-state index contributed by atoms with van der Waals surface area (Å²) in [5.41, 5.74) is 4.11. The Morgan fingerprint density at radius 3 is 2.21 bits per heavy atom. The molecule has 2 aromatic carbocycles. The van der Waals surface area contributed by atoms with E-state index in [0.29, 0.717) is 6.54 Å². The largest absolute Gasteiger partial charge is 0.304 e. The van der Waals surface area contributed by atoms with Crippen molar-refractivity contribution >= 4 is 11.6 Å². The highest BCUT2D eigenvalue weighted by Gasteiger charge is 2.27. The Bertz CT molecular complexity index is 572. The maximum atomic E-state index is 12.2. The minimum atomic E-state index is 0.101. The van der Waals surface area contributed by atoms with Crippen molar-refractivity contribution in [3.8, 4) is 0 Å². The molecule has 0 saturated carbocycles. The average Bonchev–Trinajstić information content (AvgIpc) is 2.80. The van der Waals surface area contributed by atoms with E-state index in [4.69, 9.17) is 0 Å². The summed E-state index contributed by atoms with van der Waals surface area (Å²) < 4.78 is 0. The molecule has 0 fully saturated rings. The van der Waals surface area contributed by atoms with Gasteiger partial charge in [-0.25, -0.2) is 0 Å². The fourth-order valence-electron chi connectivity index (χ4n) is 2.19. The number of benzene rings is 2. The number of anilines is 1. The van der Waals surface area contributed by atoms with Gasteiger partial charge in [-0.2, -0.15) is 0 Å². The maximum absolute atomic E-state index is 12.2. The molecular weight excluding hydrogens is 234 g/mol. The summed E-state index contributed by atoms with van der Waals surface area (Å²) >= 11 is 0. The highest BCUT2D eigenvalue weighted by molar-refractivity contribution is 6.09. The summed E-state index contributed by atoms with van der Waals surface area (Å²) in [6.45, 7) is 6.72. The SMILES string of the molecule is CC.Cc1ccc(N2Cc3ccccc3C2=O)cc1. The second-order valence-corrected chi connectivity index (χ2v) is 4.38. The first-order chi connectivity index (χ1) is 9.25. The van der Waals surface area contributed by atoms with Crippen LogP contribution in [-0.4, -0.2) is 5.91 Å². The fourth-order valence-corrected chi connectivity index (χ4v) is 2.19. The third kappa shape index (κ3) is 2.53. The first-order valence-corrected chi connectivity index (χ1v) is 6.72. The van der Waals surface area contributed by atoms with Crippen molar-refractivity contribution in [2.45, 2.75) is 27.3 Å². The van der Waals surface area contributed by atoms with Gasteiger partial charge in [0, 0.05) is 11.3 Å². The lowest BCUT2D eigenvalue weighted by Gasteiger charge is -2.15. The Hall–Kier alpha value is -2.09. The quantitative estimate of drug-likeness (QED) is 0.746. The zero-order valence-electron chi connectivity index (χ0n) is 11.7. The zero-order chi connectivity index (χ0) is 13.8. The van der Waals surface area contributed by atoms with Gasteiger partial charge in [0.2, 0.25) is 0 Å². The number of amides is 1. The van der Waals surface area contributed by atoms with Gasteiger partial charge in [-0.1, -0.05) is 49.7 Å². The van der Waals surface area contributed by atoms with Gasteiger partial charge in [-0.05, 0) is 30.7 Å². The van der Waals surface area contributed by atoms with E-state index in [9.17, 15) is 4.79 Å². The molecule has 0 unspecified atom stereocenters. The summed E-state index contributed by atoms with van der Waals surface area (Å²) in [6.07, 6.45) is 0. The summed E-state index contributed by atoms with van der Waals surface area (Å²) in [7, 11) is 0. The van der Waals surface area contributed by atoms with Crippen LogP contribution in [0.1, 0.15) is 35.3 Å². The number of nitrogens with zero attached hydrogens (tertiary/aromatic N) is 1. The second-order valence-electron chi connectivity index (χ2n) is 4.38. The van der Waals surface area contributed by atoms with Crippen molar-refractivity contribution in [3.63, 3.8) is 0 Å². The topological polar surface area (TPSA) is 20.3 Å². The molecule has 3 rings (SSSR count). The molecule has 0 aromatic heterocycles. The van der Waals surface area contributed by atoms with Crippen molar-refractivity contribution in [3.05, 3.63) is 65.2 Å². The lowest BCUT2D eigenvalue weighted by Crippen LogP contribution is -2.22. The van der Waals surface area contributed by atoms with E-state index in [1.807, 2.05) is 74.2 Å². The summed E-state index contributed by atoms with van der Waals surface area (Å²) in [4.78, 5) is 14.0. The predicted molar refractivity (Wildman–Crippen MR) is 79.5 cm³/mol. The summed E-state index contributed by atoms with van der Waals surface area (Å²) in [5, 5.41) is 0. The number of rotatable bonds is 1. The third-order valence-electron chi connectivity index (χ3n) is 3.17. The van der Waals surface area contributed by atoms with Gasteiger partial charge in [0.1, 0.15) is 0 Å². The first kappa shape index (κ1) is 13.3. The van der Waals surface area contributed by atoms with E-state index in [2.05, 4.69) is 0 Å². The Balaban J connectivity index is 0.000000637. The molecule has 19 heavy (non-hydrogen) atoms. The van der Waals surface area contributed by atoms with E-state index >= 15 is 0 Å². The van der Waals surface area contributed by atoms with Crippen LogP contribution in [0.2, 0.25) is 0 Å². The van der Waals surface area contributed by atoms with Crippen LogP contribution in [0.3, 0.4) is 0 Å². The van der Waals surface area contributed by atoms with Gasteiger partial charge in [-0.3, -0.25) is 4.79 Å². The standard InChI is InChI=1S/C15H13NO.C2H6/c1-11-6-8-13(9-7-11)16-10-12-4-2-3-5-14(12)15(16)17;1-2/h2-9H,10H2,1H3;1-2H3. The van der Waals surface area contributed by atoms with E-state index in [0.717, 1.165) is 16.8 Å². The molecule has 0 bridgehead atoms. The smallest absolute Gasteiger partial charge is 0.258 e. The maximum Gasteiger partial charge on any atom is 0.258 e. The van der Waals surface area contributed by atoms with Gasteiger partial charge in [-0.15, -0.1) is 0 Å². The van der Waals surface area contributed by atoms with E-state index in [1.165, 1.54) is 5.56 Å². The molecule has 0 spiro atoms. The third-order valence-corrected chi connectivity index (χ3v) is 3.17. The predicted octanol–water partition coefficient (Wildman–Crippen LogP) is 4.18. The Labute approximate surface area is 114 Å². The molecule has 98 valence electrons. The van der Waals surface area contributed by atoms with E-state index in [-0.39, 0.29) is 5.91 Å². The van der Waals surface area contributed by atoms with Crippen LogP contribution in [0.25, 0.3) is 0 Å². The molecule has 0 saturated heterocycles. The molecule has 0 N–H and O–H groups in total. The highest BCUT2D eigenvalue weighted by atomic mass is 16.2. The molecule has 1 amide bonds. The Kier molecular flexibility index (Phi) is 4.00. The minimum Gasteiger partial charge on any atom is -0.304 e. The molecule has 0 radical (unpaired) electrons. The molecule has 0 atom stereocenters. The Morgan fingerprint density at radius 2 is 1.58 bits per heavy atom. The highest BCUT2D eigenvalue weighted by Crippen LogP contribution is 2.27. The lowest BCUT2D eigenvalue weighted by molar-refractivity contribution is 0.0996. The molecule has 0 aliphatic carbocycles. The van der Waals surface area contributed by atoms with Crippen molar-refractivity contribution in [2.24, 2.45) is 0 Å². The number of hydrogen-bond acceptors (Lipinski definition) is 1. The van der Waals surface area contributed by atoms with Crippen LogP contribution in [0.5, 0.6) is 0 Å². The molecule has 1 heterocycles. The first-order valence-electron chi connectivity index (χ1n) is 6.72. The number of aryl methyl sites for hydroxylation is 1. The zero-order valence-corrected chi connectivity index (χ0v) is 11.7. The molecule has 1 aliphatic heterocycles. The van der Waals surface area contributed by atoms with Crippen LogP contribution in [0, 0.1) is 6.92 Å². The van der Waals surface area contributed by atoms with Crippen molar-refractivity contribution in [2.75, 3.05) is 4.90 Å². The molecule has 2 nitrogen and oxygen atoms in total. The lowest BCUT2D eigenvalue weighted by atomic mass is 10.1. The van der Waals surface area contributed by atoms with Gasteiger partial charge in [0.25, 0.3) is 5.91 Å². The fraction of sp³-hybridized carbons (Fsp3) is 0.235. The van der Waals surface area contributed by atoms with Gasteiger partial charge >= 0.3 is 0 Å². The molecular formula is C17H19NO. The van der Waals surface area contributed by atoms with Crippen molar-refractivity contribution < 1.29 is 4.79 Å². The van der Waals surface area contributed by atoms with Crippen LogP contribution >= 0.6 is 0 Å². The van der Waals surface area contributed by atoms with E-state index < -0.39 is 0 Å². The summed E-state index contributed by atoms with van der Waals surface area (Å²) in [6, 6.07) is 15.9. The second kappa shape index (κ2) is 5.70. The van der Waals surface area contributed by atoms with Crippen molar-refractivity contribution in [1.82, 2.24) is 0 Å². The number of hydrogen-bond donors (Lipinski definition) is 0. The van der Waals surface area contributed by atoms with Gasteiger partial charge < -0.3 is 4.90 Å². The molecule has 2 aromatic rings. The summed E-state index contributed by atoms with van der Waals surface area (Å²) in [5.74, 6) is 0.101. The Morgan fingerprint density at radius 1 is 0.947 bits per heavy atom. The number of carbonyl (C=O) groups excluding carboxylic acids is 1. The van der Waals surface area contributed by atoms with Crippen LogP contribution < -0.4 is 4.90 Å². The van der Waals surface area contributed by atoms with Crippen LogP contribution in [0.15, 0.2) is 48.5 Å². The normalized spacial score (nSPS) is 12.8. The number of fused-ring (bicyclic) bond motifs is 1. The molecule has 1 aliphatic rings. The van der Waals surface area contributed by atoms with Gasteiger partial charge in [0.15, 0.2) is 0 Å². The average molecular weight is 253 g/mol. The minimum absolute atomic E-state index is 0.101. The van der Waals surface area contributed by atoms with Gasteiger partial charge in [0.05, 0.1) is 6.54 Å². The van der Waals surface area contributed by atoms with E-state index in [1.54, 1.807) is 0 Å². The van der Waals surface area contributed by atoms with Crippen molar-refractivity contribution in [1.29, 1.82) is 0 Å². The van der Waals surface area contributed by atoms with Crippen LogP contribution in [0.4, 0.5) is 5.69 Å². The number of carbonyl (C=O) groups is 1. The monoisotopic (exact) mass is 253 g/mol.